The molecule has 0 radical (unpaired) electrons. The average Bonchev–Trinajstić information content (AvgIpc) is 2.90. The maximum Gasteiger partial charge on any atom is 0.118 e. The lowest BCUT2D eigenvalue weighted by Crippen LogP contribution is -2.36. The van der Waals surface area contributed by atoms with Crippen molar-refractivity contribution in [1.82, 2.24) is 0 Å². The number of ether oxygens (including phenoxy) is 2. The number of rotatable bonds is 4. The second-order valence-electron chi connectivity index (χ2n) is 7.05. The predicted octanol–water partition coefficient (Wildman–Crippen LogP) is 5.15. The molecule has 0 aliphatic carbocycles. The fourth-order valence-corrected chi connectivity index (χ4v) is 8.60. The van der Waals surface area contributed by atoms with E-state index < -0.39 is 8.07 Å². The van der Waals surface area contributed by atoms with E-state index >= 15 is 0 Å². The molecule has 1 fully saturated rings. The van der Waals surface area contributed by atoms with E-state index in [0.717, 1.165) is 22.6 Å². The Morgan fingerprint density at radius 2 is 1.04 bits per heavy atom. The minimum atomic E-state index is -1.42. The molecule has 3 rings (SSSR count). The molecular formula is C20H26O2Si. The lowest BCUT2D eigenvalue weighted by Gasteiger charge is -2.32. The molecule has 2 aromatic carbocycles. The Labute approximate surface area is 140 Å². The third-order valence-corrected chi connectivity index (χ3v) is 10.4. The van der Waals surface area contributed by atoms with Crippen LogP contribution in [0.2, 0.25) is 13.1 Å². The third kappa shape index (κ3) is 3.02. The molecule has 23 heavy (non-hydrogen) atoms. The Morgan fingerprint density at radius 3 is 1.35 bits per heavy atom. The number of hydrogen-bond acceptors (Lipinski definition) is 2. The van der Waals surface area contributed by atoms with E-state index in [0.29, 0.717) is 0 Å². The van der Waals surface area contributed by atoms with Crippen LogP contribution in [0.5, 0.6) is 11.5 Å². The van der Waals surface area contributed by atoms with Crippen molar-refractivity contribution < 1.29 is 9.47 Å². The van der Waals surface area contributed by atoms with Crippen molar-refractivity contribution in [2.45, 2.75) is 37.0 Å². The van der Waals surface area contributed by atoms with Gasteiger partial charge in [0.2, 0.25) is 0 Å². The molecule has 122 valence electrons. The molecule has 2 atom stereocenters. The van der Waals surface area contributed by atoms with Crippen molar-refractivity contribution in [3.05, 3.63) is 59.7 Å². The van der Waals surface area contributed by atoms with E-state index in [4.69, 9.17) is 9.47 Å². The lowest BCUT2D eigenvalue weighted by molar-refractivity contribution is 0.414. The monoisotopic (exact) mass is 326 g/mol. The quantitative estimate of drug-likeness (QED) is 0.723. The molecule has 0 amide bonds. The first-order valence-corrected chi connectivity index (χ1v) is 11.5. The summed E-state index contributed by atoms with van der Waals surface area (Å²) in [5, 5.41) is 0. The zero-order chi connectivity index (χ0) is 16.4. The summed E-state index contributed by atoms with van der Waals surface area (Å²) in [5.74, 6) is 1.89. The summed E-state index contributed by atoms with van der Waals surface area (Å²) in [6, 6.07) is 17.4. The van der Waals surface area contributed by atoms with Crippen molar-refractivity contribution >= 4 is 8.07 Å². The maximum atomic E-state index is 5.30. The van der Waals surface area contributed by atoms with E-state index in [2.05, 4.69) is 61.6 Å². The molecule has 1 aliphatic heterocycles. The van der Waals surface area contributed by atoms with Crippen LogP contribution in [0.25, 0.3) is 0 Å². The highest BCUT2D eigenvalue weighted by Gasteiger charge is 2.45. The molecule has 1 saturated heterocycles. The van der Waals surface area contributed by atoms with Gasteiger partial charge in [0, 0.05) is 0 Å². The number of methoxy groups -OCH3 is 2. The topological polar surface area (TPSA) is 18.5 Å². The van der Waals surface area contributed by atoms with Crippen LogP contribution < -0.4 is 9.47 Å². The summed E-state index contributed by atoms with van der Waals surface area (Å²) in [6.45, 7) is 5.09. The summed E-state index contributed by atoms with van der Waals surface area (Å²) in [6.07, 6.45) is 2.59. The van der Waals surface area contributed by atoms with Crippen molar-refractivity contribution in [2.24, 2.45) is 0 Å². The number of benzene rings is 2. The maximum absolute atomic E-state index is 5.30. The van der Waals surface area contributed by atoms with Crippen LogP contribution in [-0.2, 0) is 0 Å². The minimum absolute atomic E-state index is 0.723. The van der Waals surface area contributed by atoms with Crippen LogP contribution in [0.15, 0.2) is 48.5 Å². The summed E-state index contributed by atoms with van der Waals surface area (Å²) in [4.78, 5) is 0. The zero-order valence-corrected chi connectivity index (χ0v) is 15.5. The van der Waals surface area contributed by atoms with Crippen LogP contribution in [0.3, 0.4) is 0 Å². The second-order valence-corrected chi connectivity index (χ2v) is 12.1. The van der Waals surface area contributed by atoms with Crippen LogP contribution in [-0.4, -0.2) is 22.3 Å². The SMILES string of the molecule is COc1ccc(C2CCC(c3ccc(OC)cc3)[Si]2(C)C)cc1. The molecule has 0 spiro atoms. The average molecular weight is 327 g/mol. The fraction of sp³-hybridized carbons (Fsp3) is 0.400. The summed E-state index contributed by atoms with van der Waals surface area (Å²) >= 11 is 0. The predicted molar refractivity (Wildman–Crippen MR) is 98.2 cm³/mol. The summed E-state index contributed by atoms with van der Waals surface area (Å²) < 4.78 is 10.6. The molecule has 3 heteroatoms. The van der Waals surface area contributed by atoms with Gasteiger partial charge in [0.15, 0.2) is 0 Å². The molecule has 2 unspecified atom stereocenters. The van der Waals surface area contributed by atoms with E-state index in [9.17, 15) is 0 Å². The van der Waals surface area contributed by atoms with Crippen LogP contribution in [0.4, 0.5) is 0 Å². The molecule has 2 aromatic rings. The van der Waals surface area contributed by atoms with Gasteiger partial charge in [-0.25, -0.2) is 0 Å². The van der Waals surface area contributed by atoms with Gasteiger partial charge in [-0.05, 0) is 59.3 Å². The molecule has 2 nitrogen and oxygen atoms in total. The lowest BCUT2D eigenvalue weighted by atomic mass is 10.0. The first-order valence-electron chi connectivity index (χ1n) is 8.34. The van der Waals surface area contributed by atoms with E-state index in [1.807, 2.05) is 0 Å². The zero-order valence-electron chi connectivity index (χ0n) is 14.5. The van der Waals surface area contributed by atoms with Crippen molar-refractivity contribution in [3.63, 3.8) is 0 Å². The Morgan fingerprint density at radius 1 is 0.696 bits per heavy atom. The minimum Gasteiger partial charge on any atom is -0.497 e. The Bertz CT molecular complexity index is 589. The van der Waals surface area contributed by atoms with Crippen LogP contribution in [0.1, 0.15) is 35.1 Å². The normalized spacial score (nSPS) is 22.8. The Hall–Kier alpha value is -1.74. The molecule has 0 aromatic heterocycles. The third-order valence-electron chi connectivity index (χ3n) is 5.58. The highest BCUT2D eigenvalue weighted by Crippen LogP contribution is 2.49. The van der Waals surface area contributed by atoms with Crippen molar-refractivity contribution in [3.8, 4) is 11.5 Å². The summed E-state index contributed by atoms with van der Waals surface area (Å²) in [7, 11) is 2.03. The highest BCUT2D eigenvalue weighted by atomic mass is 28.3. The summed E-state index contributed by atoms with van der Waals surface area (Å²) in [5.41, 5.74) is 4.41. The van der Waals surface area contributed by atoms with Crippen LogP contribution in [0, 0.1) is 0 Å². The van der Waals surface area contributed by atoms with Gasteiger partial charge in [0.1, 0.15) is 11.5 Å². The largest absolute Gasteiger partial charge is 0.497 e. The van der Waals surface area contributed by atoms with Gasteiger partial charge in [0.25, 0.3) is 0 Å². The smallest absolute Gasteiger partial charge is 0.118 e. The molecule has 0 bridgehead atoms. The van der Waals surface area contributed by atoms with Gasteiger partial charge >= 0.3 is 0 Å². The molecule has 0 N–H and O–H groups in total. The highest BCUT2D eigenvalue weighted by molar-refractivity contribution is 6.80. The van der Waals surface area contributed by atoms with Crippen LogP contribution >= 0.6 is 0 Å². The van der Waals surface area contributed by atoms with Gasteiger partial charge in [0.05, 0.1) is 22.3 Å². The first-order chi connectivity index (χ1) is 11.1. The second kappa shape index (κ2) is 6.40. The van der Waals surface area contributed by atoms with Gasteiger partial charge in [-0.15, -0.1) is 0 Å². The fourth-order valence-electron chi connectivity index (χ4n) is 4.19. The van der Waals surface area contributed by atoms with Gasteiger partial charge in [-0.3, -0.25) is 0 Å². The van der Waals surface area contributed by atoms with Crippen molar-refractivity contribution in [1.29, 1.82) is 0 Å². The Kier molecular flexibility index (Phi) is 4.49. The van der Waals surface area contributed by atoms with E-state index in [-0.39, 0.29) is 0 Å². The van der Waals surface area contributed by atoms with Gasteiger partial charge in [-0.2, -0.15) is 0 Å². The van der Waals surface area contributed by atoms with Gasteiger partial charge in [-0.1, -0.05) is 37.4 Å². The first kappa shape index (κ1) is 16.1. The van der Waals surface area contributed by atoms with E-state index in [1.165, 1.54) is 24.0 Å². The number of hydrogen-bond donors (Lipinski definition) is 0. The molecular weight excluding hydrogens is 300 g/mol. The molecule has 1 heterocycles. The van der Waals surface area contributed by atoms with E-state index in [1.54, 1.807) is 14.2 Å². The molecule has 0 saturated carbocycles. The Balaban J connectivity index is 1.85. The van der Waals surface area contributed by atoms with Crippen molar-refractivity contribution in [2.75, 3.05) is 14.2 Å². The standard InChI is InChI=1S/C20H26O2Si/c1-21-17-9-5-15(6-10-17)19-13-14-20(23(19,3)4)16-7-11-18(22-2)12-8-16/h5-12,19-20H,13-14H2,1-4H3. The van der Waals surface area contributed by atoms with Gasteiger partial charge < -0.3 is 9.47 Å². The molecule has 1 aliphatic rings.